The standard InChI is InChI=1S/C28H31FN2O3/c1-3-16-30-28(33)25(18-22-11-5-4-6-12-22)31(19-23-13-9-10-21(2)17-23)27(32)20-34-26-15-8-7-14-24(26)29/h4-15,17,25H,3,16,18-20H2,1-2H3,(H,30,33). The van der Waals surface area contributed by atoms with Gasteiger partial charge in [0, 0.05) is 19.5 Å². The van der Waals surface area contributed by atoms with Crippen molar-refractivity contribution < 1.29 is 18.7 Å². The van der Waals surface area contributed by atoms with Crippen LogP contribution in [0.5, 0.6) is 5.75 Å². The molecule has 6 heteroatoms. The zero-order valence-electron chi connectivity index (χ0n) is 19.7. The third kappa shape index (κ3) is 7.17. The van der Waals surface area contributed by atoms with Crippen molar-refractivity contribution in [2.24, 2.45) is 0 Å². The van der Waals surface area contributed by atoms with Crippen LogP contribution in [-0.2, 0) is 22.6 Å². The van der Waals surface area contributed by atoms with Gasteiger partial charge in [0.05, 0.1) is 0 Å². The first-order valence-corrected chi connectivity index (χ1v) is 11.5. The highest BCUT2D eigenvalue weighted by atomic mass is 19.1. The van der Waals surface area contributed by atoms with Gasteiger partial charge in [-0.2, -0.15) is 0 Å². The van der Waals surface area contributed by atoms with Crippen molar-refractivity contribution in [3.63, 3.8) is 0 Å². The average molecular weight is 463 g/mol. The Morgan fingerprint density at radius 1 is 0.971 bits per heavy atom. The molecular weight excluding hydrogens is 431 g/mol. The fourth-order valence-electron chi connectivity index (χ4n) is 3.71. The van der Waals surface area contributed by atoms with Gasteiger partial charge in [0.2, 0.25) is 5.91 Å². The quantitative estimate of drug-likeness (QED) is 0.450. The molecule has 0 aliphatic carbocycles. The molecule has 5 nitrogen and oxygen atoms in total. The lowest BCUT2D eigenvalue weighted by Gasteiger charge is -2.31. The Labute approximate surface area is 200 Å². The largest absolute Gasteiger partial charge is 0.481 e. The molecule has 3 aromatic rings. The molecule has 0 fully saturated rings. The third-order valence-electron chi connectivity index (χ3n) is 5.44. The minimum atomic E-state index is -0.744. The molecule has 1 atom stereocenters. The van der Waals surface area contributed by atoms with Crippen molar-refractivity contribution in [3.05, 3.63) is 101 Å². The molecule has 3 aromatic carbocycles. The third-order valence-corrected chi connectivity index (χ3v) is 5.44. The molecule has 0 radical (unpaired) electrons. The second kappa shape index (κ2) is 12.5. The average Bonchev–Trinajstić information content (AvgIpc) is 2.84. The van der Waals surface area contributed by atoms with Gasteiger partial charge in [-0.05, 0) is 36.6 Å². The number of amides is 2. The van der Waals surface area contributed by atoms with E-state index in [0.717, 1.165) is 23.1 Å². The number of hydrogen-bond donors (Lipinski definition) is 1. The Morgan fingerprint density at radius 2 is 1.68 bits per heavy atom. The maximum atomic E-state index is 14.0. The molecule has 0 heterocycles. The Hall–Kier alpha value is -3.67. The van der Waals surface area contributed by atoms with Crippen molar-refractivity contribution >= 4 is 11.8 Å². The zero-order chi connectivity index (χ0) is 24.3. The summed E-state index contributed by atoms with van der Waals surface area (Å²) in [6.45, 7) is 4.33. The normalized spacial score (nSPS) is 11.5. The van der Waals surface area contributed by atoms with Crippen LogP contribution in [0, 0.1) is 12.7 Å². The van der Waals surface area contributed by atoms with E-state index >= 15 is 0 Å². The van der Waals surface area contributed by atoms with E-state index in [1.807, 2.05) is 68.4 Å². The molecule has 0 saturated heterocycles. The van der Waals surface area contributed by atoms with Gasteiger partial charge in [-0.1, -0.05) is 79.2 Å². The Morgan fingerprint density at radius 3 is 2.38 bits per heavy atom. The monoisotopic (exact) mass is 462 g/mol. The number of nitrogens with one attached hydrogen (secondary N) is 1. The van der Waals surface area contributed by atoms with Gasteiger partial charge in [0.15, 0.2) is 18.2 Å². The lowest BCUT2D eigenvalue weighted by Crippen LogP contribution is -2.51. The number of carbonyl (C=O) groups excluding carboxylic acids is 2. The summed E-state index contributed by atoms with van der Waals surface area (Å²) in [5, 5.41) is 2.93. The molecule has 2 amide bonds. The molecule has 0 spiro atoms. The Balaban J connectivity index is 1.90. The fourth-order valence-corrected chi connectivity index (χ4v) is 3.71. The number of rotatable bonds is 11. The van der Waals surface area contributed by atoms with Crippen LogP contribution in [0.1, 0.15) is 30.0 Å². The van der Waals surface area contributed by atoms with Gasteiger partial charge in [-0.3, -0.25) is 9.59 Å². The summed E-state index contributed by atoms with van der Waals surface area (Å²) in [7, 11) is 0. The highest BCUT2D eigenvalue weighted by molar-refractivity contribution is 5.88. The molecule has 0 aliphatic heterocycles. The van der Waals surface area contributed by atoms with Gasteiger partial charge in [-0.15, -0.1) is 0 Å². The summed E-state index contributed by atoms with van der Waals surface area (Å²) < 4.78 is 19.5. The van der Waals surface area contributed by atoms with Gasteiger partial charge in [0.25, 0.3) is 5.91 Å². The fraction of sp³-hybridized carbons (Fsp3) is 0.286. The van der Waals surface area contributed by atoms with E-state index in [2.05, 4.69) is 5.32 Å². The maximum Gasteiger partial charge on any atom is 0.261 e. The first kappa shape index (κ1) is 25.0. The molecule has 0 saturated carbocycles. The van der Waals surface area contributed by atoms with E-state index in [1.165, 1.54) is 17.0 Å². The van der Waals surface area contributed by atoms with Crippen LogP contribution in [0.25, 0.3) is 0 Å². The summed E-state index contributed by atoms with van der Waals surface area (Å²) in [6, 6.07) is 22.6. The number of para-hydroxylation sites is 1. The summed E-state index contributed by atoms with van der Waals surface area (Å²) in [5.74, 6) is -1.15. The van der Waals surface area contributed by atoms with E-state index in [4.69, 9.17) is 4.74 Å². The van der Waals surface area contributed by atoms with E-state index in [-0.39, 0.29) is 24.8 Å². The summed E-state index contributed by atoms with van der Waals surface area (Å²) in [6.07, 6.45) is 1.14. The number of halogens is 1. The Bertz CT molecular complexity index is 1090. The second-order valence-electron chi connectivity index (χ2n) is 8.23. The highest BCUT2D eigenvalue weighted by Gasteiger charge is 2.30. The van der Waals surface area contributed by atoms with Crippen LogP contribution in [0.15, 0.2) is 78.9 Å². The van der Waals surface area contributed by atoms with Crippen LogP contribution in [0.2, 0.25) is 0 Å². The number of aryl methyl sites for hydroxylation is 1. The van der Waals surface area contributed by atoms with E-state index < -0.39 is 17.8 Å². The van der Waals surface area contributed by atoms with Crippen LogP contribution in [0.4, 0.5) is 4.39 Å². The van der Waals surface area contributed by atoms with Crippen LogP contribution >= 0.6 is 0 Å². The molecule has 0 aromatic heterocycles. The van der Waals surface area contributed by atoms with Crippen molar-refractivity contribution in [2.45, 2.75) is 39.3 Å². The van der Waals surface area contributed by atoms with Crippen molar-refractivity contribution in [1.82, 2.24) is 10.2 Å². The van der Waals surface area contributed by atoms with Gasteiger partial charge >= 0.3 is 0 Å². The first-order valence-electron chi connectivity index (χ1n) is 11.5. The molecule has 3 rings (SSSR count). The Kier molecular flexibility index (Phi) is 9.21. The lowest BCUT2D eigenvalue weighted by molar-refractivity contribution is -0.142. The number of hydrogen-bond acceptors (Lipinski definition) is 3. The number of ether oxygens (including phenoxy) is 1. The van der Waals surface area contributed by atoms with Crippen LogP contribution in [0.3, 0.4) is 0 Å². The van der Waals surface area contributed by atoms with Crippen molar-refractivity contribution in [1.29, 1.82) is 0 Å². The van der Waals surface area contributed by atoms with E-state index in [1.54, 1.807) is 12.1 Å². The topological polar surface area (TPSA) is 58.6 Å². The predicted octanol–water partition coefficient (Wildman–Crippen LogP) is 4.68. The van der Waals surface area contributed by atoms with E-state index in [0.29, 0.717) is 13.0 Å². The van der Waals surface area contributed by atoms with Crippen molar-refractivity contribution in [3.8, 4) is 5.75 Å². The van der Waals surface area contributed by atoms with Gasteiger partial charge in [-0.25, -0.2) is 4.39 Å². The summed E-state index contributed by atoms with van der Waals surface area (Å²) in [5.41, 5.74) is 2.90. The zero-order valence-corrected chi connectivity index (χ0v) is 19.7. The number of carbonyl (C=O) groups is 2. The van der Waals surface area contributed by atoms with E-state index in [9.17, 15) is 14.0 Å². The minimum Gasteiger partial charge on any atom is -0.481 e. The van der Waals surface area contributed by atoms with Gasteiger partial charge in [0.1, 0.15) is 6.04 Å². The highest BCUT2D eigenvalue weighted by Crippen LogP contribution is 2.18. The summed E-state index contributed by atoms with van der Waals surface area (Å²) >= 11 is 0. The van der Waals surface area contributed by atoms with Crippen LogP contribution < -0.4 is 10.1 Å². The van der Waals surface area contributed by atoms with Gasteiger partial charge < -0.3 is 15.0 Å². The minimum absolute atomic E-state index is 0.00130. The molecular formula is C28H31FN2O3. The molecule has 0 aliphatic rings. The maximum absolute atomic E-state index is 14.0. The number of nitrogens with zero attached hydrogens (tertiary/aromatic N) is 1. The van der Waals surface area contributed by atoms with Crippen molar-refractivity contribution in [2.75, 3.05) is 13.2 Å². The smallest absolute Gasteiger partial charge is 0.261 e. The second-order valence-corrected chi connectivity index (χ2v) is 8.23. The molecule has 1 unspecified atom stereocenters. The number of benzene rings is 3. The summed E-state index contributed by atoms with van der Waals surface area (Å²) in [4.78, 5) is 28.2. The first-order chi connectivity index (χ1) is 16.5. The molecule has 0 bridgehead atoms. The molecule has 1 N–H and O–H groups in total. The molecule has 34 heavy (non-hydrogen) atoms. The SMILES string of the molecule is CCCNC(=O)C(Cc1ccccc1)N(Cc1cccc(C)c1)C(=O)COc1ccccc1F. The lowest BCUT2D eigenvalue weighted by atomic mass is 10.0. The van der Waals surface area contributed by atoms with Crippen LogP contribution in [-0.4, -0.2) is 35.9 Å². The molecule has 178 valence electrons. The predicted molar refractivity (Wildman–Crippen MR) is 131 cm³/mol.